The van der Waals surface area contributed by atoms with Crippen LogP contribution in [0.25, 0.3) is 22.6 Å². The minimum Gasteiger partial charge on any atom is -0.368 e. The molecular weight excluding hydrogens is 352 g/mol. The predicted octanol–water partition coefficient (Wildman–Crippen LogP) is 2.69. The maximum absolute atomic E-state index is 12.0. The SMILES string of the molecule is C=CC(=O)N1CCC(n2c(-c3ccccc3Cl)nc3cnc(N)nc32)C1. The summed E-state index contributed by atoms with van der Waals surface area (Å²) >= 11 is 6.41. The summed E-state index contributed by atoms with van der Waals surface area (Å²) in [5.74, 6) is 0.801. The van der Waals surface area contributed by atoms with Crippen LogP contribution >= 0.6 is 11.6 Å². The average molecular weight is 369 g/mol. The Balaban J connectivity index is 1.88. The van der Waals surface area contributed by atoms with Crippen LogP contribution in [0.2, 0.25) is 5.02 Å². The summed E-state index contributed by atoms with van der Waals surface area (Å²) in [6, 6.07) is 7.54. The van der Waals surface area contributed by atoms with Gasteiger partial charge in [0, 0.05) is 18.7 Å². The fourth-order valence-electron chi connectivity index (χ4n) is 3.36. The van der Waals surface area contributed by atoms with Crippen molar-refractivity contribution in [3.05, 3.63) is 48.1 Å². The Hall–Kier alpha value is -2.93. The van der Waals surface area contributed by atoms with E-state index >= 15 is 0 Å². The fourth-order valence-corrected chi connectivity index (χ4v) is 3.58. The van der Waals surface area contributed by atoms with E-state index in [0.717, 1.165) is 12.0 Å². The van der Waals surface area contributed by atoms with Gasteiger partial charge in [0.2, 0.25) is 11.9 Å². The van der Waals surface area contributed by atoms with Crippen LogP contribution in [0.3, 0.4) is 0 Å². The highest BCUT2D eigenvalue weighted by Gasteiger charge is 2.30. The molecule has 0 bridgehead atoms. The minimum atomic E-state index is -0.0784. The topological polar surface area (TPSA) is 89.9 Å². The second-order valence-corrected chi connectivity index (χ2v) is 6.56. The lowest BCUT2D eigenvalue weighted by molar-refractivity contribution is -0.125. The highest BCUT2D eigenvalue weighted by atomic mass is 35.5. The maximum Gasteiger partial charge on any atom is 0.246 e. The van der Waals surface area contributed by atoms with Crippen LogP contribution in [0.4, 0.5) is 5.95 Å². The molecule has 0 radical (unpaired) electrons. The summed E-state index contributed by atoms with van der Waals surface area (Å²) in [7, 11) is 0. The van der Waals surface area contributed by atoms with Gasteiger partial charge in [-0.3, -0.25) is 4.79 Å². The minimum absolute atomic E-state index is 0.0180. The fraction of sp³-hybridized carbons (Fsp3) is 0.222. The largest absolute Gasteiger partial charge is 0.368 e. The third-order valence-corrected chi connectivity index (χ3v) is 4.91. The number of nitrogens with two attached hydrogens (primary N) is 1. The highest BCUT2D eigenvalue weighted by Crippen LogP contribution is 2.35. The Labute approximate surface area is 155 Å². The number of hydrogen-bond donors (Lipinski definition) is 1. The van der Waals surface area contributed by atoms with Crippen molar-refractivity contribution in [3.63, 3.8) is 0 Å². The molecule has 1 unspecified atom stereocenters. The van der Waals surface area contributed by atoms with Crippen molar-refractivity contribution in [2.75, 3.05) is 18.8 Å². The molecule has 2 aromatic heterocycles. The molecule has 1 aliphatic heterocycles. The lowest BCUT2D eigenvalue weighted by Gasteiger charge is -2.18. The first kappa shape index (κ1) is 16.5. The number of likely N-dealkylation sites (tertiary alicyclic amines) is 1. The summed E-state index contributed by atoms with van der Waals surface area (Å²) in [5, 5.41) is 0.599. The molecule has 1 saturated heterocycles. The van der Waals surface area contributed by atoms with Gasteiger partial charge in [-0.2, -0.15) is 4.98 Å². The number of amides is 1. The van der Waals surface area contributed by atoms with Crippen LogP contribution in [0.5, 0.6) is 0 Å². The highest BCUT2D eigenvalue weighted by molar-refractivity contribution is 6.33. The Bertz CT molecular complexity index is 1010. The van der Waals surface area contributed by atoms with E-state index in [1.54, 1.807) is 11.1 Å². The van der Waals surface area contributed by atoms with Crippen LogP contribution in [0.1, 0.15) is 12.5 Å². The molecule has 0 spiro atoms. The van der Waals surface area contributed by atoms with Crippen molar-refractivity contribution in [2.45, 2.75) is 12.5 Å². The number of carbonyl (C=O) groups excluding carboxylic acids is 1. The van der Waals surface area contributed by atoms with Crippen LogP contribution < -0.4 is 5.73 Å². The number of aromatic nitrogens is 4. The molecule has 1 aliphatic rings. The molecule has 1 atom stereocenters. The van der Waals surface area contributed by atoms with E-state index in [1.807, 2.05) is 28.8 Å². The maximum atomic E-state index is 12.0. The summed E-state index contributed by atoms with van der Waals surface area (Å²) in [6.07, 6.45) is 3.73. The average Bonchev–Trinajstić information content (AvgIpc) is 3.25. The molecule has 2 N–H and O–H groups in total. The molecule has 1 amide bonds. The van der Waals surface area contributed by atoms with Gasteiger partial charge in [0.15, 0.2) is 5.65 Å². The third-order valence-electron chi connectivity index (χ3n) is 4.58. The van der Waals surface area contributed by atoms with E-state index in [1.165, 1.54) is 6.08 Å². The monoisotopic (exact) mass is 368 g/mol. The number of nitrogens with zero attached hydrogens (tertiary/aromatic N) is 5. The van der Waals surface area contributed by atoms with Crippen LogP contribution in [0, 0.1) is 0 Å². The third kappa shape index (κ3) is 2.70. The van der Waals surface area contributed by atoms with E-state index in [4.69, 9.17) is 22.3 Å². The van der Waals surface area contributed by atoms with Gasteiger partial charge in [-0.05, 0) is 24.6 Å². The van der Waals surface area contributed by atoms with Crippen molar-refractivity contribution in [3.8, 4) is 11.4 Å². The van der Waals surface area contributed by atoms with Crippen LogP contribution in [-0.4, -0.2) is 43.4 Å². The van der Waals surface area contributed by atoms with Crippen LogP contribution in [-0.2, 0) is 4.79 Å². The molecule has 0 saturated carbocycles. The molecule has 132 valence electrons. The summed E-state index contributed by atoms with van der Waals surface area (Å²) < 4.78 is 2.02. The molecule has 26 heavy (non-hydrogen) atoms. The normalized spacial score (nSPS) is 17.0. The lowest BCUT2D eigenvalue weighted by atomic mass is 10.2. The first-order chi connectivity index (χ1) is 12.6. The van der Waals surface area contributed by atoms with Gasteiger partial charge in [0.1, 0.15) is 11.3 Å². The first-order valence-corrected chi connectivity index (χ1v) is 8.63. The Morgan fingerprint density at radius 2 is 2.15 bits per heavy atom. The number of anilines is 1. The summed E-state index contributed by atoms with van der Waals surface area (Å²) in [6.45, 7) is 4.77. The molecule has 4 rings (SSSR count). The zero-order valence-corrected chi connectivity index (χ0v) is 14.7. The van der Waals surface area contributed by atoms with Gasteiger partial charge in [-0.25, -0.2) is 9.97 Å². The zero-order valence-electron chi connectivity index (χ0n) is 14.0. The molecule has 8 heteroatoms. The van der Waals surface area contributed by atoms with Gasteiger partial charge < -0.3 is 15.2 Å². The van der Waals surface area contributed by atoms with Crippen molar-refractivity contribution < 1.29 is 4.79 Å². The number of imidazole rings is 1. The van der Waals surface area contributed by atoms with Crippen molar-refractivity contribution in [1.29, 1.82) is 0 Å². The van der Waals surface area contributed by atoms with Crippen molar-refractivity contribution in [2.24, 2.45) is 0 Å². The number of carbonyl (C=O) groups is 1. The summed E-state index contributed by atoms with van der Waals surface area (Å²) in [5.41, 5.74) is 7.89. The van der Waals surface area contributed by atoms with Gasteiger partial charge in [-0.1, -0.05) is 30.3 Å². The summed E-state index contributed by atoms with van der Waals surface area (Å²) in [4.78, 5) is 26.9. The van der Waals surface area contributed by atoms with E-state index in [0.29, 0.717) is 35.1 Å². The van der Waals surface area contributed by atoms with E-state index in [9.17, 15) is 4.79 Å². The predicted molar refractivity (Wildman–Crippen MR) is 101 cm³/mol. The number of benzene rings is 1. The van der Waals surface area contributed by atoms with Crippen LogP contribution in [0.15, 0.2) is 43.1 Å². The number of rotatable bonds is 3. The Morgan fingerprint density at radius 3 is 2.92 bits per heavy atom. The lowest BCUT2D eigenvalue weighted by Crippen LogP contribution is -2.27. The Morgan fingerprint density at radius 1 is 1.35 bits per heavy atom. The van der Waals surface area contributed by atoms with Gasteiger partial charge in [0.05, 0.1) is 17.3 Å². The molecule has 3 aromatic rings. The van der Waals surface area contributed by atoms with E-state index < -0.39 is 0 Å². The first-order valence-electron chi connectivity index (χ1n) is 8.25. The molecule has 3 heterocycles. The van der Waals surface area contributed by atoms with E-state index in [-0.39, 0.29) is 17.9 Å². The number of fused-ring (bicyclic) bond motifs is 1. The standard InChI is InChI=1S/C18H17ClN6O/c1-2-15(26)24-8-7-11(10-24)25-16(12-5-3-4-6-13(12)19)22-14-9-21-18(20)23-17(14)25/h2-6,9,11H,1,7-8,10H2,(H2,20,21,23). The molecule has 7 nitrogen and oxygen atoms in total. The smallest absolute Gasteiger partial charge is 0.246 e. The second kappa shape index (κ2) is 6.42. The molecule has 0 aliphatic carbocycles. The quantitative estimate of drug-likeness (QED) is 0.718. The Kier molecular flexibility index (Phi) is 4.08. The van der Waals surface area contributed by atoms with E-state index in [2.05, 4.69) is 16.5 Å². The van der Waals surface area contributed by atoms with Crippen molar-refractivity contribution >= 4 is 34.6 Å². The van der Waals surface area contributed by atoms with Gasteiger partial charge in [0.25, 0.3) is 0 Å². The molecule has 1 fully saturated rings. The van der Waals surface area contributed by atoms with Gasteiger partial charge in [-0.15, -0.1) is 0 Å². The molecular formula is C18H17ClN6O. The molecule has 1 aromatic carbocycles. The number of hydrogen-bond acceptors (Lipinski definition) is 5. The zero-order chi connectivity index (χ0) is 18.3. The van der Waals surface area contributed by atoms with Gasteiger partial charge >= 0.3 is 0 Å². The number of halogens is 1. The second-order valence-electron chi connectivity index (χ2n) is 6.15. The number of nitrogen functional groups attached to an aromatic ring is 1. The van der Waals surface area contributed by atoms with Crippen molar-refractivity contribution in [1.82, 2.24) is 24.4 Å².